The largest absolute Gasteiger partial charge is 0.329 e. The van der Waals surface area contributed by atoms with Gasteiger partial charge in [0.25, 0.3) is 0 Å². The van der Waals surface area contributed by atoms with Crippen molar-refractivity contribution in [2.75, 3.05) is 27.2 Å². The van der Waals surface area contributed by atoms with Crippen LogP contribution in [0, 0.1) is 5.41 Å². The SMILES string of the molecule is CCCCC1=CN(C)P(N(CC)CC=N)N1C. The molecule has 0 amide bonds. The summed E-state index contributed by atoms with van der Waals surface area (Å²) >= 11 is 0. The van der Waals surface area contributed by atoms with Gasteiger partial charge in [-0.05, 0) is 12.8 Å². The zero-order valence-corrected chi connectivity index (χ0v) is 12.4. The Morgan fingerprint density at radius 1 is 1.41 bits per heavy atom. The van der Waals surface area contributed by atoms with Gasteiger partial charge < -0.3 is 14.8 Å². The van der Waals surface area contributed by atoms with Crippen molar-refractivity contribution in [2.45, 2.75) is 33.1 Å². The van der Waals surface area contributed by atoms with E-state index in [-0.39, 0.29) is 0 Å². The quantitative estimate of drug-likeness (QED) is 0.561. The number of nitrogens with zero attached hydrogens (tertiary/aromatic N) is 3. The molecule has 0 radical (unpaired) electrons. The molecule has 0 saturated carbocycles. The lowest BCUT2D eigenvalue weighted by Crippen LogP contribution is -2.29. The van der Waals surface area contributed by atoms with Crippen LogP contribution in [0.4, 0.5) is 0 Å². The molecule has 1 aliphatic rings. The number of rotatable bonds is 7. The molecule has 0 aromatic rings. The van der Waals surface area contributed by atoms with E-state index < -0.39 is 8.37 Å². The molecule has 1 heterocycles. The van der Waals surface area contributed by atoms with E-state index in [0.29, 0.717) is 0 Å². The Kier molecular flexibility index (Phi) is 5.93. The third-order valence-corrected chi connectivity index (χ3v) is 5.43. The summed E-state index contributed by atoms with van der Waals surface area (Å²) in [5, 5.41) is 7.28. The first-order valence-electron chi connectivity index (χ1n) is 6.36. The maximum absolute atomic E-state index is 7.28. The van der Waals surface area contributed by atoms with Crippen molar-refractivity contribution in [2.24, 2.45) is 0 Å². The lowest BCUT2D eigenvalue weighted by atomic mass is 10.2. The minimum absolute atomic E-state index is 0.437. The van der Waals surface area contributed by atoms with E-state index in [9.17, 15) is 0 Å². The summed E-state index contributed by atoms with van der Waals surface area (Å²) in [6.45, 7) is 6.13. The van der Waals surface area contributed by atoms with Crippen LogP contribution in [0.5, 0.6) is 0 Å². The average molecular weight is 256 g/mol. The number of allylic oxidation sites excluding steroid dienone is 1. The highest BCUT2D eigenvalue weighted by atomic mass is 31.2. The van der Waals surface area contributed by atoms with Gasteiger partial charge in [-0.1, -0.05) is 20.3 Å². The van der Waals surface area contributed by atoms with Crippen molar-refractivity contribution in [3.8, 4) is 0 Å². The Labute approximate surface area is 107 Å². The second-order valence-electron chi connectivity index (χ2n) is 4.30. The van der Waals surface area contributed by atoms with Gasteiger partial charge in [0.2, 0.25) is 0 Å². The minimum Gasteiger partial charge on any atom is -0.329 e. The van der Waals surface area contributed by atoms with Gasteiger partial charge >= 0.3 is 0 Å². The van der Waals surface area contributed by atoms with E-state index in [4.69, 9.17) is 5.41 Å². The summed E-state index contributed by atoms with van der Waals surface area (Å²) in [4.78, 5) is 0. The lowest BCUT2D eigenvalue weighted by molar-refractivity contribution is 0.475. The molecule has 1 unspecified atom stereocenters. The highest BCUT2D eigenvalue weighted by Gasteiger charge is 2.31. The Hall–Kier alpha value is -0.600. The van der Waals surface area contributed by atoms with Crippen molar-refractivity contribution < 1.29 is 0 Å². The van der Waals surface area contributed by atoms with Crippen molar-refractivity contribution in [3.63, 3.8) is 0 Å². The van der Waals surface area contributed by atoms with Crippen LogP contribution < -0.4 is 0 Å². The van der Waals surface area contributed by atoms with Crippen LogP contribution in [0.2, 0.25) is 0 Å². The molecular weight excluding hydrogens is 231 g/mol. The van der Waals surface area contributed by atoms with Gasteiger partial charge in [-0.15, -0.1) is 0 Å². The predicted octanol–water partition coefficient (Wildman–Crippen LogP) is 3.09. The summed E-state index contributed by atoms with van der Waals surface area (Å²) in [6, 6.07) is 0. The van der Waals surface area contributed by atoms with Crippen molar-refractivity contribution in [1.82, 2.24) is 14.0 Å². The molecular formula is C12H25N4P. The van der Waals surface area contributed by atoms with E-state index in [0.717, 1.165) is 19.5 Å². The Morgan fingerprint density at radius 2 is 2.12 bits per heavy atom. The fourth-order valence-corrected chi connectivity index (χ4v) is 4.39. The fraction of sp³-hybridized carbons (Fsp3) is 0.750. The van der Waals surface area contributed by atoms with Gasteiger partial charge in [0.05, 0.1) is 0 Å². The normalized spacial score (nSPS) is 20.1. The molecule has 1 atom stereocenters. The molecule has 17 heavy (non-hydrogen) atoms. The van der Waals surface area contributed by atoms with Gasteiger partial charge in [0.15, 0.2) is 8.37 Å². The third kappa shape index (κ3) is 3.43. The molecule has 1 rings (SSSR count). The van der Waals surface area contributed by atoms with Gasteiger partial charge in [0.1, 0.15) is 0 Å². The summed E-state index contributed by atoms with van der Waals surface area (Å²) in [5.41, 5.74) is 1.43. The van der Waals surface area contributed by atoms with Crippen LogP contribution in [0.3, 0.4) is 0 Å². The van der Waals surface area contributed by atoms with Crippen LogP contribution >= 0.6 is 8.37 Å². The van der Waals surface area contributed by atoms with E-state index in [1.54, 1.807) is 0 Å². The maximum Gasteiger partial charge on any atom is 0.177 e. The molecule has 0 aromatic heterocycles. The van der Waals surface area contributed by atoms with Gasteiger partial charge in [-0.3, -0.25) is 0 Å². The molecule has 0 spiro atoms. The van der Waals surface area contributed by atoms with Crippen LogP contribution in [0.15, 0.2) is 11.9 Å². The highest BCUT2D eigenvalue weighted by molar-refractivity contribution is 7.50. The van der Waals surface area contributed by atoms with E-state index >= 15 is 0 Å². The first kappa shape index (κ1) is 14.5. The van der Waals surface area contributed by atoms with E-state index in [2.05, 4.69) is 48.2 Å². The van der Waals surface area contributed by atoms with Crippen LogP contribution in [0.1, 0.15) is 33.1 Å². The number of hydrogen-bond donors (Lipinski definition) is 1. The first-order valence-corrected chi connectivity index (χ1v) is 7.56. The zero-order valence-electron chi connectivity index (χ0n) is 11.5. The predicted molar refractivity (Wildman–Crippen MR) is 76.1 cm³/mol. The van der Waals surface area contributed by atoms with Crippen LogP contribution in [-0.4, -0.2) is 47.4 Å². The van der Waals surface area contributed by atoms with Crippen LogP contribution in [0.25, 0.3) is 0 Å². The number of unbranched alkanes of at least 4 members (excludes halogenated alkanes) is 1. The highest BCUT2D eigenvalue weighted by Crippen LogP contribution is 2.53. The van der Waals surface area contributed by atoms with E-state index in [1.807, 2.05) is 0 Å². The summed E-state index contributed by atoms with van der Waals surface area (Å²) in [6.07, 6.45) is 7.43. The first-order chi connectivity index (χ1) is 8.15. The second kappa shape index (κ2) is 6.97. The van der Waals surface area contributed by atoms with Crippen molar-refractivity contribution >= 4 is 14.6 Å². The fourth-order valence-electron chi connectivity index (χ4n) is 2.08. The van der Waals surface area contributed by atoms with Crippen LogP contribution in [-0.2, 0) is 0 Å². The monoisotopic (exact) mass is 256 g/mol. The van der Waals surface area contributed by atoms with Gasteiger partial charge in [0, 0.05) is 45.3 Å². The lowest BCUT2D eigenvalue weighted by Gasteiger charge is -2.36. The molecule has 4 nitrogen and oxygen atoms in total. The average Bonchev–Trinajstić information content (AvgIpc) is 2.59. The molecule has 5 heteroatoms. The topological polar surface area (TPSA) is 33.6 Å². The molecule has 1 N–H and O–H groups in total. The van der Waals surface area contributed by atoms with Gasteiger partial charge in [-0.2, -0.15) is 0 Å². The minimum atomic E-state index is -0.437. The number of nitrogens with one attached hydrogen (secondary N) is 1. The zero-order chi connectivity index (χ0) is 12.8. The smallest absolute Gasteiger partial charge is 0.177 e. The molecule has 0 saturated heterocycles. The third-order valence-electron chi connectivity index (χ3n) is 3.01. The summed E-state index contributed by atoms with van der Waals surface area (Å²) in [5.74, 6) is 0. The number of hydrogen-bond acceptors (Lipinski definition) is 4. The van der Waals surface area contributed by atoms with Crippen molar-refractivity contribution in [1.29, 1.82) is 5.41 Å². The van der Waals surface area contributed by atoms with Crippen molar-refractivity contribution in [3.05, 3.63) is 11.9 Å². The molecule has 98 valence electrons. The molecule has 1 aliphatic heterocycles. The molecule has 0 bridgehead atoms. The molecule has 0 aromatic carbocycles. The Balaban J connectivity index is 2.67. The second-order valence-corrected chi connectivity index (χ2v) is 6.63. The Morgan fingerprint density at radius 3 is 2.65 bits per heavy atom. The van der Waals surface area contributed by atoms with E-state index in [1.165, 1.54) is 24.8 Å². The van der Waals surface area contributed by atoms with Gasteiger partial charge in [-0.25, -0.2) is 4.67 Å². The standard InChI is InChI=1S/C12H25N4P/c1-5-7-8-12-11-14(3)17(15(12)4)16(6-2)10-9-13/h9,11,13H,5-8,10H2,1-4H3. The summed E-state index contributed by atoms with van der Waals surface area (Å²) in [7, 11) is 3.89. The molecule has 0 aliphatic carbocycles. The maximum atomic E-state index is 7.28. The Bertz CT molecular complexity index is 280. The summed E-state index contributed by atoms with van der Waals surface area (Å²) < 4.78 is 7.07. The molecule has 0 fully saturated rings.